The zero-order valence-corrected chi connectivity index (χ0v) is 23.2. The van der Waals surface area contributed by atoms with Gasteiger partial charge in [0.15, 0.2) is 0 Å². The van der Waals surface area contributed by atoms with E-state index < -0.39 is 34.2 Å². The summed E-state index contributed by atoms with van der Waals surface area (Å²) >= 11 is 1.67. The monoisotopic (exact) mass is 505 g/mol. The summed E-state index contributed by atoms with van der Waals surface area (Å²) in [5.74, 6) is -1.40. The van der Waals surface area contributed by atoms with Crippen LogP contribution in [0.25, 0.3) is 0 Å². The normalized spacial score (nSPS) is 32.5. The Bertz CT molecular complexity index is 884. The number of aliphatic hydroxyl groups is 1. The lowest BCUT2D eigenvalue weighted by Gasteiger charge is -2.45. The van der Waals surface area contributed by atoms with Crippen molar-refractivity contribution in [2.24, 2.45) is 23.7 Å². The molecule has 1 N–H and O–H groups in total. The molecule has 3 saturated heterocycles. The number of carbonyl (C=O) groups is 3. The minimum absolute atomic E-state index is 0.00900. The number of carbonyl (C=O) groups excluding carboxylic acids is 3. The summed E-state index contributed by atoms with van der Waals surface area (Å²) in [4.78, 5) is 47.4. The Hall–Kier alpha value is -1.80. The summed E-state index contributed by atoms with van der Waals surface area (Å²) in [5.41, 5.74) is -0.481. The van der Waals surface area contributed by atoms with Gasteiger partial charge in [-0.25, -0.2) is 0 Å². The van der Waals surface area contributed by atoms with E-state index in [9.17, 15) is 19.5 Å². The molecular formula is C27H43N3O4S. The molecule has 0 aliphatic carbocycles. The third kappa shape index (κ3) is 4.24. The highest BCUT2D eigenvalue weighted by molar-refractivity contribution is 8.02. The average Bonchev–Trinajstić information content (AvgIpc) is 3.35. The average molecular weight is 506 g/mol. The van der Waals surface area contributed by atoms with Gasteiger partial charge in [-0.05, 0) is 39.0 Å². The summed E-state index contributed by atoms with van der Waals surface area (Å²) in [6.45, 7) is 20.1. The number of amides is 3. The number of aliphatic hydroxyl groups excluding tert-OH is 1. The first kappa shape index (κ1) is 27.8. The van der Waals surface area contributed by atoms with E-state index in [1.54, 1.807) is 45.7 Å². The Balaban J connectivity index is 2.19. The number of fused-ring (bicyclic) bond motifs is 1. The van der Waals surface area contributed by atoms with Crippen LogP contribution < -0.4 is 0 Å². The third-order valence-electron chi connectivity index (χ3n) is 8.18. The van der Waals surface area contributed by atoms with E-state index in [2.05, 4.69) is 20.1 Å². The van der Waals surface area contributed by atoms with Crippen molar-refractivity contribution in [3.8, 4) is 0 Å². The Morgan fingerprint density at radius 2 is 1.83 bits per heavy atom. The van der Waals surface area contributed by atoms with Gasteiger partial charge in [0.1, 0.15) is 6.04 Å². The second kappa shape index (κ2) is 9.92. The molecular weight excluding hydrogens is 462 g/mol. The van der Waals surface area contributed by atoms with Crippen LogP contribution in [-0.4, -0.2) is 91.9 Å². The molecule has 3 unspecified atom stereocenters. The van der Waals surface area contributed by atoms with Crippen LogP contribution in [0.3, 0.4) is 0 Å². The molecule has 2 bridgehead atoms. The van der Waals surface area contributed by atoms with E-state index in [4.69, 9.17) is 0 Å². The summed E-state index contributed by atoms with van der Waals surface area (Å²) in [7, 11) is 1.74. The number of likely N-dealkylation sites (tertiary alicyclic amines) is 1. The van der Waals surface area contributed by atoms with Crippen LogP contribution in [0.5, 0.6) is 0 Å². The quantitative estimate of drug-likeness (QED) is 0.488. The third-order valence-corrected chi connectivity index (χ3v) is 10.3. The Kier molecular flexibility index (Phi) is 7.88. The number of likely N-dealkylation sites (N-methyl/N-ethyl adjacent to an activating group) is 1. The molecule has 1 spiro atoms. The molecule has 0 aromatic carbocycles. The Morgan fingerprint density at radius 1 is 1.23 bits per heavy atom. The Labute approximate surface area is 215 Å². The van der Waals surface area contributed by atoms with Crippen molar-refractivity contribution in [3.05, 3.63) is 25.3 Å². The fourth-order valence-electron chi connectivity index (χ4n) is 6.51. The number of rotatable bonds is 9. The molecule has 0 aromatic heterocycles. The molecule has 3 aliphatic rings. The van der Waals surface area contributed by atoms with E-state index in [1.165, 1.54) is 0 Å². The van der Waals surface area contributed by atoms with Crippen LogP contribution in [0.15, 0.2) is 25.3 Å². The standard InChI is InChI=1S/C27H43N3O4S/c1-10-12-28(9)23(32)20-19-14-17(5)27(35-19)21(20)24(33)30(18(15-31)16(3)4)22(27)25(34)29(13-11-2)26(6,7)8/h10-11,16-22,31H,1-2,12-15H2,3-9H3/t17?,18-,19+,20-,21-,22?,27?/m0/s1. The van der Waals surface area contributed by atoms with Crippen LogP contribution in [0.2, 0.25) is 0 Å². The maximum Gasteiger partial charge on any atom is 0.247 e. The van der Waals surface area contributed by atoms with Gasteiger partial charge < -0.3 is 19.8 Å². The lowest BCUT2D eigenvalue weighted by atomic mass is 9.65. The molecule has 3 amide bonds. The molecule has 3 fully saturated rings. The highest BCUT2D eigenvalue weighted by Crippen LogP contribution is 2.69. The van der Waals surface area contributed by atoms with Gasteiger partial charge in [0.05, 0.1) is 29.2 Å². The molecule has 8 heteroatoms. The lowest BCUT2D eigenvalue weighted by Crippen LogP contribution is -2.62. The van der Waals surface area contributed by atoms with Gasteiger partial charge >= 0.3 is 0 Å². The SMILES string of the molecule is C=CCN(C)C(=O)[C@@H]1[C@H]2C(=O)N([C@@H](CO)C(C)C)C(C(=O)N(CC=C)C(C)(C)C)C23S[C@@H]1CC3C. The maximum absolute atomic E-state index is 14.4. The smallest absolute Gasteiger partial charge is 0.247 e. The predicted octanol–water partition coefficient (Wildman–Crippen LogP) is 2.80. The zero-order chi connectivity index (χ0) is 26.5. The van der Waals surface area contributed by atoms with Gasteiger partial charge in [0.2, 0.25) is 17.7 Å². The van der Waals surface area contributed by atoms with Gasteiger partial charge in [0.25, 0.3) is 0 Å². The molecule has 3 heterocycles. The van der Waals surface area contributed by atoms with Crippen molar-refractivity contribution in [2.75, 3.05) is 26.7 Å². The van der Waals surface area contributed by atoms with Crippen LogP contribution in [-0.2, 0) is 14.4 Å². The van der Waals surface area contributed by atoms with Crippen molar-refractivity contribution in [1.29, 1.82) is 0 Å². The first-order valence-corrected chi connectivity index (χ1v) is 13.6. The number of hydrogen-bond donors (Lipinski definition) is 1. The van der Waals surface area contributed by atoms with E-state index in [0.29, 0.717) is 13.1 Å². The van der Waals surface area contributed by atoms with Crippen molar-refractivity contribution in [1.82, 2.24) is 14.7 Å². The summed E-state index contributed by atoms with van der Waals surface area (Å²) in [5, 5.41) is 10.4. The van der Waals surface area contributed by atoms with Crippen LogP contribution in [0, 0.1) is 23.7 Å². The van der Waals surface area contributed by atoms with Gasteiger partial charge in [-0.15, -0.1) is 24.9 Å². The highest BCUT2D eigenvalue weighted by atomic mass is 32.2. The first-order chi connectivity index (χ1) is 16.3. The molecule has 3 rings (SSSR count). The molecule has 35 heavy (non-hydrogen) atoms. The van der Waals surface area contributed by atoms with E-state index in [1.807, 2.05) is 34.6 Å². The van der Waals surface area contributed by atoms with Crippen molar-refractivity contribution in [3.63, 3.8) is 0 Å². The topological polar surface area (TPSA) is 81.2 Å². The molecule has 196 valence electrons. The fourth-order valence-corrected chi connectivity index (χ4v) is 8.90. The van der Waals surface area contributed by atoms with Crippen molar-refractivity contribution >= 4 is 29.5 Å². The molecule has 7 atom stereocenters. The van der Waals surface area contributed by atoms with Gasteiger partial charge in [-0.1, -0.05) is 32.9 Å². The number of nitrogens with zero attached hydrogens (tertiary/aromatic N) is 3. The second-order valence-corrected chi connectivity index (χ2v) is 13.3. The molecule has 0 saturated carbocycles. The maximum atomic E-state index is 14.4. The van der Waals surface area contributed by atoms with Gasteiger partial charge in [-0.3, -0.25) is 14.4 Å². The summed E-state index contributed by atoms with van der Waals surface area (Å²) in [6.07, 6.45) is 4.18. The minimum Gasteiger partial charge on any atom is -0.394 e. The highest BCUT2D eigenvalue weighted by Gasteiger charge is 2.77. The summed E-state index contributed by atoms with van der Waals surface area (Å²) in [6, 6.07) is -1.25. The molecule has 0 aromatic rings. The Morgan fingerprint density at radius 3 is 2.31 bits per heavy atom. The molecule has 0 radical (unpaired) electrons. The van der Waals surface area contributed by atoms with Crippen molar-refractivity contribution in [2.45, 2.75) is 75.6 Å². The van der Waals surface area contributed by atoms with Crippen molar-refractivity contribution < 1.29 is 19.5 Å². The minimum atomic E-state index is -0.744. The number of hydrogen-bond acceptors (Lipinski definition) is 5. The van der Waals surface area contributed by atoms with E-state index in [-0.39, 0.29) is 41.4 Å². The molecule has 3 aliphatic heterocycles. The largest absolute Gasteiger partial charge is 0.394 e. The summed E-state index contributed by atoms with van der Waals surface area (Å²) < 4.78 is -0.707. The fraction of sp³-hybridized carbons (Fsp3) is 0.741. The predicted molar refractivity (Wildman–Crippen MR) is 141 cm³/mol. The van der Waals surface area contributed by atoms with E-state index in [0.717, 1.165) is 6.42 Å². The number of thioether (sulfide) groups is 1. The first-order valence-electron chi connectivity index (χ1n) is 12.7. The van der Waals surface area contributed by atoms with Gasteiger partial charge in [0, 0.05) is 30.9 Å². The zero-order valence-electron chi connectivity index (χ0n) is 22.4. The van der Waals surface area contributed by atoms with Crippen LogP contribution in [0.1, 0.15) is 48.0 Å². The van der Waals surface area contributed by atoms with Gasteiger partial charge in [-0.2, -0.15) is 0 Å². The molecule has 7 nitrogen and oxygen atoms in total. The van der Waals surface area contributed by atoms with E-state index >= 15 is 0 Å². The van der Waals surface area contributed by atoms with Crippen LogP contribution >= 0.6 is 11.8 Å². The second-order valence-electron chi connectivity index (χ2n) is 11.7. The van der Waals surface area contributed by atoms with Crippen LogP contribution in [0.4, 0.5) is 0 Å². The lowest BCUT2D eigenvalue weighted by molar-refractivity contribution is -0.149.